The van der Waals surface area contributed by atoms with Crippen LogP contribution in [0, 0.1) is 20.8 Å². The van der Waals surface area contributed by atoms with E-state index in [-0.39, 0.29) is 17.1 Å². The van der Waals surface area contributed by atoms with Crippen molar-refractivity contribution in [1.82, 2.24) is 4.90 Å². The number of aryl methyl sites for hydroxylation is 3. The fraction of sp³-hybridized carbons (Fsp3) is 0.333. The Hall–Kier alpha value is -4.06. The number of fused-ring (bicyclic) bond motifs is 2. The first-order valence-corrected chi connectivity index (χ1v) is 13.6. The van der Waals surface area contributed by atoms with Crippen LogP contribution in [0.2, 0.25) is 0 Å². The molecule has 5 rings (SSSR count). The second-order valence-corrected chi connectivity index (χ2v) is 10.4. The minimum absolute atomic E-state index is 0.105. The van der Waals surface area contributed by atoms with E-state index >= 15 is 0 Å². The Morgan fingerprint density at radius 1 is 0.897 bits per heavy atom. The van der Waals surface area contributed by atoms with Crippen LogP contribution in [0.1, 0.15) is 76.2 Å². The van der Waals surface area contributed by atoms with Gasteiger partial charge in [-0.3, -0.25) is 9.59 Å². The van der Waals surface area contributed by atoms with Gasteiger partial charge in [-0.05, 0) is 67.6 Å². The predicted molar refractivity (Wildman–Crippen MR) is 153 cm³/mol. The first kappa shape index (κ1) is 26.5. The molecule has 0 fully saturated rings. The SMILES string of the molecule is CCCCCOc1ccc(C2c3c(oc4cc(C)cc(C)c4c3=O)C(=O)N2Cc2ccc(C)cc2)cc1OC. The molecule has 0 aliphatic carbocycles. The summed E-state index contributed by atoms with van der Waals surface area (Å²) < 4.78 is 17.9. The van der Waals surface area contributed by atoms with Gasteiger partial charge >= 0.3 is 0 Å². The highest BCUT2D eigenvalue weighted by molar-refractivity contribution is 5.99. The van der Waals surface area contributed by atoms with Gasteiger partial charge < -0.3 is 18.8 Å². The van der Waals surface area contributed by atoms with E-state index in [9.17, 15) is 9.59 Å². The monoisotopic (exact) mass is 525 g/mol. The van der Waals surface area contributed by atoms with Crippen molar-refractivity contribution >= 4 is 16.9 Å². The molecule has 202 valence electrons. The third kappa shape index (κ3) is 5.03. The molecular weight excluding hydrogens is 490 g/mol. The van der Waals surface area contributed by atoms with E-state index in [1.165, 1.54) is 0 Å². The van der Waals surface area contributed by atoms with E-state index in [1.807, 2.05) is 75.4 Å². The average molecular weight is 526 g/mol. The highest BCUT2D eigenvalue weighted by atomic mass is 16.5. The van der Waals surface area contributed by atoms with Gasteiger partial charge in [-0.2, -0.15) is 0 Å². The third-order valence-corrected chi connectivity index (χ3v) is 7.39. The number of ether oxygens (including phenoxy) is 2. The van der Waals surface area contributed by atoms with Crippen molar-refractivity contribution in [2.45, 2.75) is 59.5 Å². The molecule has 1 aliphatic rings. The van der Waals surface area contributed by atoms with Crippen LogP contribution in [-0.2, 0) is 6.54 Å². The maximum Gasteiger partial charge on any atom is 0.291 e. The second kappa shape index (κ2) is 11.0. The van der Waals surface area contributed by atoms with E-state index in [2.05, 4.69) is 6.92 Å². The van der Waals surface area contributed by atoms with E-state index in [0.29, 0.717) is 41.2 Å². The van der Waals surface area contributed by atoms with Crippen LogP contribution in [-0.4, -0.2) is 24.5 Å². The molecule has 1 atom stereocenters. The zero-order chi connectivity index (χ0) is 27.7. The number of benzene rings is 3. The molecule has 1 aromatic heterocycles. The zero-order valence-corrected chi connectivity index (χ0v) is 23.3. The van der Waals surface area contributed by atoms with Gasteiger partial charge in [0.25, 0.3) is 5.91 Å². The Bertz CT molecular complexity index is 1590. The number of hydrogen-bond acceptors (Lipinski definition) is 5. The number of hydrogen-bond donors (Lipinski definition) is 0. The zero-order valence-electron chi connectivity index (χ0n) is 23.3. The molecule has 39 heavy (non-hydrogen) atoms. The molecule has 0 spiro atoms. The summed E-state index contributed by atoms with van der Waals surface area (Å²) in [6.45, 7) is 8.97. The lowest BCUT2D eigenvalue weighted by Gasteiger charge is -2.26. The summed E-state index contributed by atoms with van der Waals surface area (Å²) in [6, 6.07) is 16.9. The van der Waals surface area contributed by atoms with Crippen LogP contribution in [0.5, 0.6) is 11.5 Å². The minimum Gasteiger partial charge on any atom is -0.493 e. The molecule has 0 saturated carbocycles. The molecular formula is C33H35NO5. The van der Waals surface area contributed by atoms with Crippen LogP contribution in [0.4, 0.5) is 0 Å². The number of rotatable bonds is 9. The molecule has 0 radical (unpaired) electrons. The summed E-state index contributed by atoms with van der Waals surface area (Å²) in [4.78, 5) is 29.7. The smallest absolute Gasteiger partial charge is 0.291 e. The molecule has 6 heteroatoms. The van der Waals surface area contributed by atoms with Gasteiger partial charge in [-0.15, -0.1) is 0 Å². The molecule has 1 aliphatic heterocycles. The normalized spacial score (nSPS) is 14.6. The van der Waals surface area contributed by atoms with Gasteiger partial charge in [0, 0.05) is 6.54 Å². The first-order chi connectivity index (χ1) is 18.8. The molecule has 0 N–H and O–H groups in total. The van der Waals surface area contributed by atoms with Crippen LogP contribution >= 0.6 is 0 Å². The van der Waals surface area contributed by atoms with Crippen LogP contribution < -0.4 is 14.9 Å². The van der Waals surface area contributed by atoms with Gasteiger partial charge in [0.05, 0.1) is 30.7 Å². The lowest BCUT2D eigenvalue weighted by molar-refractivity contribution is 0.0714. The van der Waals surface area contributed by atoms with Crippen molar-refractivity contribution in [2.24, 2.45) is 0 Å². The van der Waals surface area contributed by atoms with E-state index in [1.54, 1.807) is 12.0 Å². The number of unbranched alkanes of at least 4 members (excludes halogenated alkanes) is 2. The number of amides is 1. The maximum absolute atomic E-state index is 14.1. The number of nitrogens with zero attached hydrogens (tertiary/aromatic N) is 1. The number of methoxy groups -OCH3 is 1. The summed E-state index contributed by atoms with van der Waals surface area (Å²) in [6.07, 6.45) is 3.17. The number of carbonyl (C=O) groups is 1. The first-order valence-electron chi connectivity index (χ1n) is 13.6. The largest absolute Gasteiger partial charge is 0.493 e. The molecule has 4 aromatic rings. The average Bonchev–Trinajstić information content (AvgIpc) is 3.19. The van der Waals surface area contributed by atoms with Crippen LogP contribution in [0.3, 0.4) is 0 Å². The van der Waals surface area contributed by atoms with Gasteiger partial charge in [0.15, 0.2) is 16.9 Å². The Balaban J connectivity index is 1.64. The lowest BCUT2D eigenvalue weighted by Crippen LogP contribution is -2.29. The Labute approximate surface area is 229 Å². The van der Waals surface area contributed by atoms with Crippen molar-refractivity contribution < 1.29 is 18.7 Å². The molecule has 0 bridgehead atoms. The molecule has 3 aromatic carbocycles. The van der Waals surface area contributed by atoms with E-state index in [0.717, 1.165) is 47.1 Å². The van der Waals surface area contributed by atoms with Crippen molar-refractivity contribution in [1.29, 1.82) is 0 Å². The van der Waals surface area contributed by atoms with Gasteiger partial charge in [0.2, 0.25) is 5.76 Å². The molecule has 0 saturated heterocycles. The van der Waals surface area contributed by atoms with Crippen LogP contribution in [0.25, 0.3) is 11.0 Å². The summed E-state index contributed by atoms with van der Waals surface area (Å²) in [5, 5.41) is 0.511. The predicted octanol–water partition coefficient (Wildman–Crippen LogP) is 7.04. The maximum atomic E-state index is 14.1. The van der Waals surface area contributed by atoms with Crippen molar-refractivity contribution in [3.63, 3.8) is 0 Å². The fourth-order valence-electron chi connectivity index (χ4n) is 5.42. The Morgan fingerprint density at radius 3 is 2.38 bits per heavy atom. The van der Waals surface area contributed by atoms with Crippen molar-refractivity contribution in [3.05, 3.63) is 104 Å². The van der Waals surface area contributed by atoms with E-state index in [4.69, 9.17) is 13.9 Å². The van der Waals surface area contributed by atoms with Crippen LogP contribution in [0.15, 0.2) is 63.8 Å². The lowest BCUT2D eigenvalue weighted by atomic mass is 9.96. The molecule has 6 nitrogen and oxygen atoms in total. The quantitative estimate of drug-likeness (QED) is 0.219. The Kier molecular flexibility index (Phi) is 7.47. The summed E-state index contributed by atoms with van der Waals surface area (Å²) in [5.41, 5.74) is 5.31. The van der Waals surface area contributed by atoms with Crippen molar-refractivity contribution in [3.8, 4) is 11.5 Å². The highest BCUT2D eigenvalue weighted by Gasteiger charge is 2.43. The standard InChI is InChI=1S/C33H35NO5/c1-6-7-8-15-38-25-14-13-24(18-26(25)37-5)30-29-31(35)28-22(4)16-21(3)17-27(28)39-32(29)33(36)34(30)19-23-11-9-20(2)10-12-23/h9-14,16-18,30H,6-8,15,19H2,1-5H3. The minimum atomic E-state index is -0.627. The van der Waals surface area contributed by atoms with Gasteiger partial charge in [0.1, 0.15) is 5.58 Å². The molecule has 2 heterocycles. The van der Waals surface area contributed by atoms with Gasteiger partial charge in [-0.1, -0.05) is 61.7 Å². The topological polar surface area (TPSA) is 69.0 Å². The fourth-order valence-corrected chi connectivity index (χ4v) is 5.42. The number of carbonyl (C=O) groups excluding carboxylic acids is 1. The summed E-state index contributed by atoms with van der Waals surface area (Å²) in [5.74, 6) is 1.02. The summed E-state index contributed by atoms with van der Waals surface area (Å²) >= 11 is 0. The van der Waals surface area contributed by atoms with Crippen molar-refractivity contribution in [2.75, 3.05) is 13.7 Å². The molecule has 1 unspecified atom stereocenters. The third-order valence-electron chi connectivity index (χ3n) is 7.39. The highest BCUT2D eigenvalue weighted by Crippen LogP contribution is 2.42. The van der Waals surface area contributed by atoms with E-state index < -0.39 is 6.04 Å². The second-order valence-electron chi connectivity index (χ2n) is 10.4. The molecule has 1 amide bonds. The van der Waals surface area contributed by atoms with Gasteiger partial charge in [-0.25, -0.2) is 0 Å². The summed E-state index contributed by atoms with van der Waals surface area (Å²) in [7, 11) is 1.60. The Morgan fingerprint density at radius 2 is 1.67 bits per heavy atom.